The topological polar surface area (TPSA) is 30.2 Å². The molecular weight excluding hydrogens is 466 g/mol. The van der Waals surface area contributed by atoms with E-state index in [1.165, 1.54) is 94.0 Å². The Labute approximate surface area is 200 Å². The highest BCUT2D eigenvalue weighted by molar-refractivity contribution is 9.10. The lowest BCUT2D eigenvalue weighted by atomic mass is 10.0. The van der Waals surface area contributed by atoms with Gasteiger partial charge >= 0.3 is 0 Å². The number of aromatic nitrogens is 3. The third kappa shape index (κ3) is 7.71. The summed E-state index contributed by atoms with van der Waals surface area (Å²) in [6, 6.07) is 8.51. The van der Waals surface area contributed by atoms with Crippen LogP contribution in [0.1, 0.15) is 101 Å². The van der Waals surface area contributed by atoms with Gasteiger partial charge in [-0.2, -0.15) is 9.61 Å². The number of imidazole rings is 1. The number of halogens is 1. The summed E-state index contributed by atoms with van der Waals surface area (Å²) in [6.45, 7) is 4.39. The van der Waals surface area contributed by atoms with E-state index in [1.807, 2.05) is 4.52 Å². The normalized spacial score (nSPS) is 11.6. The molecule has 3 aromatic rings. The van der Waals surface area contributed by atoms with Crippen molar-refractivity contribution in [2.24, 2.45) is 0 Å². The van der Waals surface area contributed by atoms with E-state index in [1.54, 1.807) is 11.3 Å². The SMILES string of the molecule is CCCCCCCCCCCCCCCc1nn2c(Br)c(-c3ccc(C)cc3)nc2s1. The molecule has 0 saturated heterocycles. The van der Waals surface area contributed by atoms with Crippen LogP contribution in [0.3, 0.4) is 0 Å². The zero-order chi connectivity index (χ0) is 21.9. The summed E-state index contributed by atoms with van der Waals surface area (Å²) in [5, 5.41) is 5.99. The van der Waals surface area contributed by atoms with Gasteiger partial charge in [0.15, 0.2) is 0 Å². The minimum Gasteiger partial charge on any atom is -0.216 e. The van der Waals surface area contributed by atoms with Crippen molar-refractivity contribution in [1.82, 2.24) is 14.6 Å². The number of aryl methyl sites for hydroxylation is 2. The zero-order valence-electron chi connectivity index (χ0n) is 19.3. The van der Waals surface area contributed by atoms with Crippen LogP contribution in [0, 0.1) is 6.92 Å². The Balaban J connectivity index is 1.30. The van der Waals surface area contributed by atoms with E-state index in [0.717, 1.165) is 27.2 Å². The van der Waals surface area contributed by atoms with Crippen LogP contribution in [-0.4, -0.2) is 14.6 Å². The van der Waals surface area contributed by atoms with Crippen LogP contribution in [0.25, 0.3) is 16.2 Å². The van der Waals surface area contributed by atoms with Gasteiger partial charge < -0.3 is 0 Å². The van der Waals surface area contributed by atoms with Crippen LogP contribution in [0.15, 0.2) is 28.9 Å². The van der Waals surface area contributed by atoms with Crippen molar-refractivity contribution in [2.45, 2.75) is 104 Å². The molecule has 3 nitrogen and oxygen atoms in total. The molecule has 0 aliphatic rings. The fourth-order valence-electron chi connectivity index (χ4n) is 4.05. The molecule has 0 radical (unpaired) electrons. The lowest BCUT2D eigenvalue weighted by molar-refractivity contribution is 0.539. The monoisotopic (exact) mass is 503 g/mol. The van der Waals surface area contributed by atoms with E-state index >= 15 is 0 Å². The third-order valence-corrected chi connectivity index (χ3v) is 7.69. The fourth-order valence-corrected chi connectivity index (χ4v) is 5.67. The quantitative estimate of drug-likeness (QED) is 0.193. The molecule has 0 spiro atoms. The Morgan fingerprint density at radius 1 is 0.806 bits per heavy atom. The van der Waals surface area contributed by atoms with Crippen LogP contribution in [0.5, 0.6) is 0 Å². The highest BCUT2D eigenvalue weighted by Gasteiger charge is 2.15. The number of rotatable bonds is 15. The first kappa shape index (κ1) is 24.4. The Kier molecular flexibility index (Phi) is 10.5. The van der Waals surface area contributed by atoms with Crippen LogP contribution in [0.4, 0.5) is 0 Å². The van der Waals surface area contributed by atoms with E-state index < -0.39 is 0 Å². The number of unbranched alkanes of at least 4 members (excludes halogenated alkanes) is 12. The molecule has 0 atom stereocenters. The summed E-state index contributed by atoms with van der Waals surface area (Å²) in [5.41, 5.74) is 3.37. The minimum atomic E-state index is 0.958. The predicted molar refractivity (Wildman–Crippen MR) is 138 cm³/mol. The van der Waals surface area contributed by atoms with Gasteiger partial charge in [-0.25, -0.2) is 4.98 Å². The van der Waals surface area contributed by atoms with Crippen molar-refractivity contribution >= 4 is 32.2 Å². The molecule has 0 fully saturated rings. The molecule has 3 rings (SSSR count). The van der Waals surface area contributed by atoms with Gasteiger partial charge in [0.2, 0.25) is 4.96 Å². The highest BCUT2D eigenvalue weighted by Crippen LogP contribution is 2.31. The molecule has 0 amide bonds. The van der Waals surface area contributed by atoms with Crippen molar-refractivity contribution in [3.05, 3.63) is 39.4 Å². The van der Waals surface area contributed by atoms with Crippen molar-refractivity contribution in [3.63, 3.8) is 0 Å². The van der Waals surface area contributed by atoms with Gasteiger partial charge in [0.25, 0.3) is 0 Å². The van der Waals surface area contributed by atoms with Gasteiger partial charge in [0.05, 0.1) is 0 Å². The van der Waals surface area contributed by atoms with Gasteiger partial charge in [0.1, 0.15) is 15.3 Å². The minimum absolute atomic E-state index is 0.958. The highest BCUT2D eigenvalue weighted by atomic mass is 79.9. The average Bonchev–Trinajstić information content (AvgIpc) is 3.31. The number of hydrogen-bond acceptors (Lipinski definition) is 3. The zero-order valence-corrected chi connectivity index (χ0v) is 21.7. The smallest absolute Gasteiger partial charge is 0.213 e. The summed E-state index contributed by atoms with van der Waals surface area (Å²) in [4.78, 5) is 5.80. The molecule has 170 valence electrons. The first-order valence-corrected chi connectivity index (χ1v) is 13.9. The number of nitrogens with zero attached hydrogens (tertiary/aromatic N) is 3. The molecule has 2 heterocycles. The maximum Gasteiger partial charge on any atom is 0.213 e. The molecule has 2 aromatic heterocycles. The number of benzene rings is 1. The summed E-state index contributed by atoms with van der Waals surface area (Å²) in [6.07, 6.45) is 19.2. The third-order valence-electron chi connectivity index (χ3n) is 6.01. The molecule has 0 bridgehead atoms. The largest absolute Gasteiger partial charge is 0.216 e. The second-order valence-electron chi connectivity index (χ2n) is 8.80. The van der Waals surface area contributed by atoms with Crippen LogP contribution >= 0.6 is 27.3 Å². The van der Waals surface area contributed by atoms with Crippen molar-refractivity contribution < 1.29 is 0 Å². The van der Waals surface area contributed by atoms with E-state index in [-0.39, 0.29) is 0 Å². The second kappa shape index (κ2) is 13.4. The maximum atomic E-state index is 4.82. The van der Waals surface area contributed by atoms with E-state index in [9.17, 15) is 0 Å². The molecule has 0 unspecified atom stereocenters. The molecule has 31 heavy (non-hydrogen) atoms. The predicted octanol–water partition coefficient (Wildman–Crippen LogP) is 9.16. The number of hydrogen-bond donors (Lipinski definition) is 0. The van der Waals surface area contributed by atoms with Gasteiger partial charge in [-0.1, -0.05) is 125 Å². The van der Waals surface area contributed by atoms with E-state index in [4.69, 9.17) is 10.1 Å². The van der Waals surface area contributed by atoms with Gasteiger partial charge in [0, 0.05) is 12.0 Å². The van der Waals surface area contributed by atoms with Crippen molar-refractivity contribution in [2.75, 3.05) is 0 Å². The molecule has 0 saturated carbocycles. The summed E-state index contributed by atoms with van der Waals surface area (Å²) in [7, 11) is 0. The molecule has 0 N–H and O–H groups in total. The van der Waals surface area contributed by atoms with Crippen LogP contribution in [0.2, 0.25) is 0 Å². The summed E-state index contributed by atoms with van der Waals surface area (Å²) < 4.78 is 2.91. The Hall–Kier alpha value is -1.20. The lowest BCUT2D eigenvalue weighted by Gasteiger charge is -2.02. The molecular formula is C26H38BrN3S. The van der Waals surface area contributed by atoms with Crippen LogP contribution in [-0.2, 0) is 6.42 Å². The number of fused-ring (bicyclic) bond motifs is 1. The van der Waals surface area contributed by atoms with Gasteiger partial charge in [-0.3, -0.25) is 0 Å². The first-order chi connectivity index (χ1) is 15.2. The van der Waals surface area contributed by atoms with Crippen LogP contribution < -0.4 is 0 Å². The second-order valence-corrected chi connectivity index (χ2v) is 10.6. The summed E-state index contributed by atoms with van der Waals surface area (Å²) in [5.74, 6) is 0. The van der Waals surface area contributed by atoms with Gasteiger partial charge in [-0.05, 0) is 29.3 Å². The standard InChI is InChI=1S/C26H38BrN3S/c1-3-4-5-6-7-8-9-10-11-12-13-14-15-16-23-29-30-25(27)24(28-26(30)31-23)22-19-17-21(2)18-20-22/h17-20H,3-16H2,1-2H3. The van der Waals surface area contributed by atoms with Crippen molar-refractivity contribution in [1.29, 1.82) is 0 Å². The summed E-state index contributed by atoms with van der Waals surface area (Å²) >= 11 is 5.43. The lowest BCUT2D eigenvalue weighted by Crippen LogP contribution is -1.90. The van der Waals surface area contributed by atoms with E-state index in [0.29, 0.717) is 0 Å². The van der Waals surface area contributed by atoms with Crippen molar-refractivity contribution in [3.8, 4) is 11.3 Å². The van der Waals surface area contributed by atoms with E-state index in [2.05, 4.69) is 54.0 Å². The Morgan fingerprint density at radius 2 is 1.35 bits per heavy atom. The molecule has 0 aliphatic carbocycles. The van der Waals surface area contributed by atoms with Gasteiger partial charge in [-0.15, -0.1) is 0 Å². The molecule has 1 aromatic carbocycles. The Bertz CT molecular complexity index is 897. The maximum absolute atomic E-state index is 4.82. The Morgan fingerprint density at radius 3 is 1.90 bits per heavy atom. The molecule has 0 aliphatic heterocycles. The first-order valence-electron chi connectivity index (χ1n) is 12.3. The fraction of sp³-hybridized carbons (Fsp3) is 0.615. The molecule has 5 heteroatoms. The average molecular weight is 505 g/mol.